The Morgan fingerprint density at radius 2 is 1.47 bits per heavy atom. The van der Waals surface area contributed by atoms with Crippen LogP contribution in [-0.4, -0.2) is 59.5 Å². The van der Waals surface area contributed by atoms with Crippen LogP contribution < -0.4 is 0 Å². The Balaban J connectivity index is 1.38. The molecule has 2 heterocycles. The molecule has 3 amide bonds. The van der Waals surface area contributed by atoms with Gasteiger partial charge in [-0.3, -0.25) is 19.3 Å². The van der Waals surface area contributed by atoms with Gasteiger partial charge in [0.15, 0.2) is 0 Å². The Bertz CT molecular complexity index is 1250. The smallest absolute Gasteiger partial charge is 0.261 e. The summed E-state index contributed by atoms with van der Waals surface area (Å²) < 4.78 is 0. The van der Waals surface area contributed by atoms with Crippen LogP contribution in [0.25, 0.3) is 11.1 Å². The molecule has 170 valence electrons. The highest BCUT2D eigenvalue weighted by molar-refractivity contribution is 6.21. The van der Waals surface area contributed by atoms with Gasteiger partial charge < -0.3 is 9.74 Å². The van der Waals surface area contributed by atoms with E-state index < -0.39 is 6.04 Å². The van der Waals surface area contributed by atoms with Crippen molar-refractivity contribution >= 4 is 23.4 Å². The number of amides is 3. The Hall–Kier alpha value is -4.26. The maximum absolute atomic E-state index is 13.5. The molecule has 0 N–H and O–H groups in total. The number of benzene rings is 3. The minimum absolute atomic E-state index is 0.100. The SMILES string of the molecule is CO/N=C1/C[C@@H](CN2C(=O)c3ccccc3C2=O)N(C(=O)c2ccc(-c3ccccc3)cc2)C1. The van der Waals surface area contributed by atoms with Gasteiger partial charge in [0.1, 0.15) is 7.11 Å². The molecule has 7 nitrogen and oxygen atoms in total. The van der Waals surface area contributed by atoms with E-state index in [2.05, 4.69) is 5.16 Å². The van der Waals surface area contributed by atoms with E-state index in [1.165, 1.54) is 12.0 Å². The lowest BCUT2D eigenvalue weighted by molar-refractivity contribution is 0.0562. The predicted molar refractivity (Wildman–Crippen MR) is 128 cm³/mol. The minimum atomic E-state index is -0.391. The van der Waals surface area contributed by atoms with E-state index in [0.29, 0.717) is 28.8 Å². The molecule has 0 spiro atoms. The van der Waals surface area contributed by atoms with E-state index in [1.54, 1.807) is 41.3 Å². The van der Waals surface area contributed by atoms with Gasteiger partial charge in [-0.25, -0.2) is 0 Å². The van der Waals surface area contributed by atoms with E-state index in [4.69, 9.17) is 4.84 Å². The van der Waals surface area contributed by atoms with Crippen molar-refractivity contribution in [2.45, 2.75) is 12.5 Å². The zero-order chi connectivity index (χ0) is 23.7. The fourth-order valence-corrected chi connectivity index (χ4v) is 4.59. The van der Waals surface area contributed by atoms with E-state index in [-0.39, 0.29) is 30.8 Å². The van der Waals surface area contributed by atoms with E-state index >= 15 is 0 Å². The molecule has 34 heavy (non-hydrogen) atoms. The number of carbonyl (C=O) groups excluding carboxylic acids is 3. The molecule has 0 unspecified atom stereocenters. The zero-order valence-electron chi connectivity index (χ0n) is 18.7. The molecule has 0 bridgehead atoms. The highest BCUT2D eigenvalue weighted by Crippen LogP contribution is 2.27. The van der Waals surface area contributed by atoms with Gasteiger partial charge in [-0.2, -0.15) is 0 Å². The summed E-state index contributed by atoms with van der Waals surface area (Å²) in [5.74, 6) is -0.850. The van der Waals surface area contributed by atoms with Crippen LogP contribution in [0.1, 0.15) is 37.5 Å². The van der Waals surface area contributed by atoms with Gasteiger partial charge in [0.05, 0.1) is 36.0 Å². The minimum Gasteiger partial charge on any atom is -0.399 e. The second-order valence-corrected chi connectivity index (χ2v) is 8.34. The predicted octanol–water partition coefficient (Wildman–Crippen LogP) is 3.87. The number of imide groups is 1. The molecule has 0 radical (unpaired) electrons. The molecule has 1 saturated heterocycles. The van der Waals surface area contributed by atoms with Gasteiger partial charge in [0.2, 0.25) is 0 Å². The van der Waals surface area contributed by atoms with Crippen LogP contribution in [0.5, 0.6) is 0 Å². The van der Waals surface area contributed by atoms with Crippen molar-refractivity contribution in [1.82, 2.24) is 9.80 Å². The van der Waals surface area contributed by atoms with Crippen molar-refractivity contribution in [2.75, 3.05) is 20.2 Å². The third kappa shape index (κ3) is 3.85. The lowest BCUT2D eigenvalue weighted by Gasteiger charge is -2.27. The van der Waals surface area contributed by atoms with Crippen molar-refractivity contribution in [3.63, 3.8) is 0 Å². The van der Waals surface area contributed by atoms with Crippen LogP contribution in [0, 0.1) is 0 Å². The Kier molecular flexibility index (Phi) is 5.67. The summed E-state index contributed by atoms with van der Waals surface area (Å²) in [5.41, 5.74) is 4.10. The standard InChI is InChI=1S/C27H23N3O4/c1-34-28-21-15-22(17-30-26(32)23-9-5-6-10-24(23)27(30)33)29(16-21)25(31)20-13-11-19(12-14-20)18-7-3-2-4-8-18/h2-14,22H,15-17H2,1H3/b28-21-/t22-/m0/s1. The highest BCUT2D eigenvalue weighted by atomic mass is 16.6. The van der Waals surface area contributed by atoms with Crippen LogP contribution in [0.3, 0.4) is 0 Å². The lowest BCUT2D eigenvalue weighted by Crippen LogP contribution is -2.45. The second kappa shape index (κ2) is 8.94. The summed E-state index contributed by atoms with van der Waals surface area (Å²) in [6, 6.07) is 23.8. The molecule has 7 heteroatoms. The fourth-order valence-electron chi connectivity index (χ4n) is 4.59. The molecular weight excluding hydrogens is 430 g/mol. The average molecular weight is 453 g/mol. The third-order valence-corrected chi connectivity index (χ3v) is 6.26. The summed E-state index contributed by atoms with van der Waals surface area (Å²) in [5, 5.41) is 4.04. The van der Waals surface area contributed by atoms with E-state index in [1.807, 2.05) is 42.5 Å². The molecule has 0 aromatic heterocycles. The van der Waals surface area contributed by atoms with Crippen molar-refractivity contribution < 1.29 is 19.2 Å². The van der Waals surface area contributed by atoms with Crippen molar-refractivity contribution in [2.24, 2.45) is 5.16 Å². The number of rotatable bonds is 5. The molecule has 0 saturated carbocycles. The molecular formula is C27H23N3O4. The molecule has 1 atom stereocenters. The number of oxime groups is 1. The Morgan fingerprint density at radius 3 is 2.09 bits per heavy atom. The van der Waals surface area contributed by atoms with Crippen molar-refractivity contribution in [3.8, 4) is 11.1 Å². The quantitative estimate of drug-likeness (QED) is 0.434. The van der Waals surface area contributed by atoms with Gasteiger partial charge in [-0.05, 0) is 35.4 Å². The monoisotopic (exact) mass is 453 g/mol. The van der Waals surface area contributed by atoms with Gasteiger partial charge in [-0.1, -0.05) is 59.8 Å². The Morgan fingerprint density at radius 1 is 0.882 bits per heavy atom. The first kappa shape index (κ1) is 21.6. The van der Waals surface area contributed by atoms with Crippen LogP contribution >= 0.6 is 0 Å². The first-order valence-corrected chi connectivity index (χ1v) is 11.1. The van der Waals surface area contributed by atoms with Gasteiger partial charge in [0, 0.05) is 12.0 Å². The number of hydrogen-bond acceptors (Lipinski definition) is 5. The van der Waals surface area contributed by atoms with Crippen LogP contribution in [-0.2, 0) is 4.84 Å². The highest BCUT2D eigenvalue weighted by Gasteiger charge is 2.41. The van der Waals surface area contributed by atoms with Crippen LogP contribution in [0.4, 0.5) is 0 Å². The number of likely N-dealkylation sites (tertiary alicyclic amines) is 1. The molecule has 0 aliphatic carbocycles. The number of fused-ring (bicyclic) bond motifs is 1. The lowest BCUT2D eigenvalue weighted by atomic mass is 10.0. The van der Waals surface area contributed by atoms with E-state index in [0.717, 1.165) is 11.1 Å². The Labute approximate surface area is 197 Å². The van der Waals surface area contributed by atoms with Crippen LogP contribution in [0.2, 0.25) is 0 Å². The maximum Gasteiger partial charge on any atom is 0.261 e. The maximum atomic E-state index is 13.5. The van der Waals surface area contributed by atoms with Crippen molar-refractivity contribution in [1.29, 1.82) is 0 Å². The average Bonchev–Trinajstić information content (AvgIpc) is 3.39. The summed E-state index contributed by atoms with van der Waals surface area (Å²) in [7, 11) is 1.46. The normalized spacial score (nSPS) is 18.5. The summed E-state index contributed by atoms with van der Waals surface area (Å²) in [4.78, 5) is 47.0. The van der Waals surface area contributed by atoms with E-state index in [9.17, 15) is 14.4 Å². The summed E-state index contributed by atoms with van der Waals surface area (Å²) >= 11 is 0. The number of carbonyl (C=O) groups is 3. The van der Waals surface area contributed by atoms with Crippen molar-refractivity contribution in [3.05, 3.63) is 95.6 Å². The molecule has 3 aromatic rings. The first-order chi connectivity index (χ1) is 16.6. The summed E-state index contributed by atoms with van der Waals surface area (Å²) in [6.07, 6.45) is 0.426. The number of nitrogens with zero attached hydrogens (tertiary/aromatic N) is 3. The zero-order valence-corrected chi connectivity index (χ0v) is 18.7. The molecule has 2 aliphatic heterocycles. The van der Waals surface area contributed by atoms with Gasteiger partial charge in [-0.15, -0.1) is 0 Å². The largest absolute Gasteiger partial charge is 0.399 e. The first-order valence-electron chi connectivity index (χ1n) is 11.1. The van der Waals surface area contributed by atoms with Crippen LogP contribution in [0.15, 0.2) is 84.0 Å². The summed E-state index contributed by atoms with van der Waals surface area (Å²) in [6.45, 7) is 0.379. The molecule has 5 rings (SSSR count). The van der Waals surface area contributed by atoms with Gasteiger partial charge in [0.25, 0.3) is 17.7 Å². The third-order valence-electron chi connectivity index (χ3n) is 6.26. The van der Waals surface area contributed by atoms with Gasteiger partial charge >= 0.3 is 0 Å². The molecule has 1 fully saturated rings. The molecule has 2 aliphatic rings. The molecule has 3 aromatic carbocycles. The number of hydrogen-bond donors (Lipinski definition) is 0. The topological polar surface area (TPSA) is 79.3 Å². The fraction of sp³-hybridized carbons (Fsp3) is 0.185. The second-order valence-electron chi connectivity index (χ2n) is 8.34.